The first-order valence-corrected chi connectivity index (χ1v) is 5.87. The molecule has 1 aliphatic heterocycles. The van der Waals surface area contributed by atoms with Gasteiger partial charge in [0.1, 0.15) is 18.0 Å². The lowest BCUT2D eigenvalue weighted by molar-refractivity contribution is 0.162. The Balaban J connectivity index is 2.00. The van der Waals surface area contributed by atoms with Gasteiger partial charge in [0.05, 0.1) is 0 Å². The van der Waals surface area contributed by atoms with Crippen molar-refractivity contribution < 1.29 is 9.13 Å². The molecule has 1 unspecified atom stereocenters. The van der Waals surface area contributed by atoms with E-state index in [1.807, 2.05) is 12.1 Å². The molecule has 16 heavy (non-hydrogen) atoms. The lowest BCUT2D eigenvalue weighted by Gasteiger charge is -2.24. The van der Waals surface area contributed by atoms with E-state index in [1.165, 1.54) is 0 Å². The van der Waals surface area contributed by atoms with Crippen LogP contribution in [0.15, 0.2) is 24.3 Å². The minimum atomic E-state index is -0.934. The fourth-order valence-corrected chi connectivity index (χ4v) is 1.94. The van der Waals surface area contributed by atoms with Crippen LogP contribution in [0.3, 0.4) is 0 Å². The Labute approximate surface area is 95.8 Å². The van der Waals surface area contributed by atoms with Crippen molar-refractivity contribution >= 4 is 0 Å². The smallest absolute Gasteiger partial charge is 0.122 e. The number of halogens is 1. The Bertz CT molecular complexity index is 334. The highest BCUT2D eigenvalue weighted by molar-refractivity contribution is 5.29. The van der Waals surface area contributed by atoms with Crippen LogP contribution in [0.5, 0.6) is 5.75 Å². The van der Waals surface area contributed by atoms with E-state index in [-0.39, 0.29) is 6.10 Å². The van der Waals surface area contributed by atoms with Crippen molar-refractivity contribution in [1.29, 1.82) is 0 Å². The molecule has 1 heterocycles. The van der Waals surface area contributed by atoms with E-state index in [2.05, 4.69) is 5.32 Å². The predicted molar refractivity (Wildman–Crippen MR) is 62.5 cm³/mol. The first kappa shape index (κ1) is 11.4. The molecule has 3 heteroatoms. The molecule has 0 amide bonds. The third kappa shape index (κ3) is 2.95. The third-order valence-electron chi connectivity index (χ3n) is 2.91. The molecular formula is C13H18FNO. The Kier molecular flexibility index (Phi) is 3.78. The molecule has 0 aliphatic carbocycles. The van der Waals surface area contributed by atoms with Gasteiger partial charge in [-0.25, -0.2) is 4.39 Å². The van der Waals surface area contributed by atoms with E-state index >= 15 is 0 Å². The highest BCUT2D eigenvalue weighted by atomic mass is 19.1. The number of rotatable bonds is 3. The molecule has 1 fully saturated rings. The number of hydrogen-bond acceptors (Lipinski definition) is 2. The van der Waals surface area contributed by atoms with Gasteiger partial charge in [-0.1, -0.05) is 12.1 Å². The van der Waals surface area contributed by atoms with Crippen molar-refractivity contribution in [2.24, 2.45) is 0 Å². The summed E-state index contributed by atoms with van der Waals surface area (Å²) in [6, 6.07) is 7.34. The molecule has 2 nitrogen and oxygen atoms in total. The summed E-state index contributed by atoms with van der Waals surface area (Å²) < 4.78 is 19.0. The highest BCUT2D eigenvalue weighted by Gasteiger charge is 2.14. The second kappa shape index (κ2) is 5.30. The molecule has 1 atom stereocenters. The van der Waals surface area contributed by atoms with E-state index in [4.69, 9.17) is 4.74 Å². The van der Waals surface area contributed by atoms with Crippen molar-refractivity contribution in [1.82, 2.24) is 5.32 Å². The second-order valence-electron chi connectivity index (χ2n) is 4.26. The Morgan fingerprint density at radius 2 is 2.12 bits per heavy atom. The molecule has 0 saturated carbocycles. The summed E-state index contributed by atoms with van der Waals surface area (Å²) in [5.41, 5.74) is 0.687. The minimum absolute atomic E-state index is 0.270. The molecule has 0 spiro atoms. The molecular weight excluding hydrogens is 205 g/mol. The minimum Gasteiger partial charge on any atom is -0.490 e. The zero-order valence-electron chi connectivity index (χ0n) is 9.58. The molecule has 0 bridgehead atoms. The summed E-state index contributed by atoms with van der Waals surface area (Å²) in [5.74, 6) is 0.786. The molecule has 1 N–H and O–H groups in total. The summed E-state index contributed by atoms with van der Waals surface area (Å²) in [6.45, 7) is 3.55. The molecule has 1 saturated heterocycles. The maximum Gasteiger partial charge on any atom is 0.122 e. The molecule has 1 aliphatic rings. The van der Waals surface area contributed by atoms with Crippen molar-refractivity contribution in [2.75, 3.05) is 13.1 Å². The van der Waals surface area contributed by atoms with Crippen LogP contribution >= 0.6 is 0 Å². The topological polar surface area (TPSA) is 21.3 Å². The summed E-state index contributed by atoms with van der Waals surface area (Å²) in [5, 5.41) is 3.29. The van der Waals surface area contributed by atoms with Gasteiger partial charge < -0.3 is 10.1 Å². The standard InChI is InChI=1S/C13H18FNO/c1-10(14)11-3-2-4-13(9-11)16-12-5-7-15-8-6-12/h2-4,9-10,12,15H,5-8H2,1H3. The Morgan fingerprint density at radius 1 is 1.38 bits per heavy atom. The van der Waals surface area contributed by atoms with Gasteiger partial charge in [-0.2, -0.15) is 0 Å². The molecule has 2 rings (SSSR count). The first-order chi connectivity index (χ1) is 7.75. The number of benzene rings is 1. The average Bonchev–Trinajstić information content (AvgIpc) is 2.30. The molecule has 88 valence electrons. The van der Waals surface area contributed by atoms with Crippen molar-refractivity contribution in [3.05, 3.63) is 29.8 Å². The van der Waals surface area contributed by atoms with E-state index in [9.17, 15) is 4.39 Å². The van der Waals surface area contributed by atoms with Crippen LogP contribution in [0.1, 0.15) is 31.5 Å². The Hall–Kier alpha value is -1.09. The van der Waals surface area contributed by atoms with E-state index in [1.54, 1.807) is 19.1 Å². The average molecular weight is 223 g/mol. The fourth-order valence-electron chi connectivity index (χ4n) is 1.94. The monoisotopic (exact) mass is 223 g/mol. The number of ether oxygens (including phenoxy) is 1. The second-order valence-corrected chi connectivity index (χ2v) is 4.26. The largest absolute Gasteiger partial charge is 0.490 e. The predicted octanol–water partition coefficient (Wildman–Crippen LogP) is 2.85. The van der Waals surface area contributed by atoms with Crippen LogP contribution in [0.2, 0.25) is 0 Å². The van der Waals surface area contributed by atoms with Crippen LogP contribution < -0.4 is 10.1 Å². The van der Waals surface area contributed by atoms with Crippen LogP contribution in [0, 0.1) is 0 Å². The van der Waals surface area contributed by atoms with Crippen LogP contribution in [0.25, 0.3) is 0 Å². The number of alkyl halides is 1. The third-order valence-corrected chi connectivity index (χ3v) is 2.91. The van der Waals surface area contributed by atoms with Gasteiger partial charge in [-0.15, -0.1) is 0 Å². The van der Waals surface area contributed by atoms with Gasteiger partial charge in [0, 0.05) is 0 Å². The van der Waals surface area contributed by atoms with Gasteiger partial charge in [-0.3, -0.25) is 0 Å². The van der Waals surface area contributed by atoms with E-state index in [0.29, 0.717) is 5.56 Å². The summed E-state index contributed by atoms with van der Waals surface area (Å²) in [7, 11) is 0. The van der Waals surface area contributed by atoms with Gasteiger partial charge in [-0.05, 0) is 50.6 Å². The SMILES string of the molecule is CC(F)c1cccc(OC2CCNCC2)c1. The summed E-state index contributed by atoms with van der Waals surface area (Å²) >= 11 is 0. The lowest BCUT2D eigenvalue weighted by Crippen LogP contribution is -2.34. The van der Waals surface area contributed by atoms with Gasteiger partial charge in [0.15, 0.2) is 0 Å². The van der Waals surface area contributed by atoms with E-state index < -0.39 is 6.17 Å². The van der Waals surface area contributed by atoms with Crippen molar-refractivity contribution in [3.63, 3.8) is 0 Å². The molecule has 1 aromatic rings. The fraction of sp³-hybridized carbons (Fsp3) is 0.538. The van der Waals surface area contributed by atoms with Crippen molar-refractivity contribution in [3.8, 4) is 5.75 Å². The number of piperidine rings is 1. The normalized spacial score (nSPS) is 19.4. The zero-order chi connectivity index (χ0) is 11.4. The van der Waals surface area contributed by atoms with Crippen LogP contribution in [-0.2, 0) is 0 Å². The molecule has 1 aromatic carbocycles. The van der Waals surface area contributed by atoms with Crippen LogP contribution in [-0.4, -0.2) is 19.2 Å². The maximum atomic E-state index is 13.1. The van der Waals surface area contributed by atoms with Crippen molar-refractivity contribution in [2.45, 2.75) is 32.0 Å². The highest BCUT2D eigenvalue weighted by Crippen LogP contribution is 2.23. The Morgan fingerprint density at radius 3 is 2.81 bits per heavy atom. The molecule has 0 radical (unpaired) electrons. The summed E-state index contributed by atoms with van der Waals surface area (Å²) in [4.78, 5) is 0. The first-order valence-electron chi connectivity index (χ1n) is 5.87. The number of nitrogens with one attached hydrogen (secondary N) is 1. The van der Waals surface area contributed by atoms with Gasteiger partial charge >= 0.3 is 0 Å². The summed E-state index contributed by atoms with van der Waals surface area (Å²) in [6.07, 6.45) is 1.38. The zero-order valence-corrected chi connectivity index (χ0v) is 9.58. The lowest BCUT2D eigenvalue weighted by atomic mass is 10.1. The maximum absolute atomic E-state index is 13.1. The quantitative estimate of drug-likeness (QED) is 0.850. The van der Waals surface area contributed by atoms with Gasteiger partial charge in [0.2, 0.25) is 0 Å². The van der Waals surface area contributed by atoms with Gasteiger partial charge in [0.25, 0.3) is 0 Å². The molecule has 0 aromatic heterocycles. The van der Waals surface area contributed by atoms with Crippen LogP contribution in [0.4, 0.5) is 4.39 Å². The number of hydrogen-bond donors (Lipinski definition) is 1. The van der Waals surface area contributed by atoms with E-state index in [0.717, 1.165) is 31.7 Å².